The molecule has 1 fully saturated rings. The van der Waals surface area contributed by atoms with E-state index >= 15 is 0 Å². The van der Waals surface area contributed by atoms with Crippen molar-refractivity contribution >= 4 is 33.7 Å². The number of anilines is 2. The van der Waals surface area contributed by atoms with Gasteiger partial charge in [-0.3, -0.25) is 5.10 Å². The Morgan fingerprint density at radius 3 is 2.56 bits per heavy atom. The van der Waals surface area contributed by atoms with Crippen molar-refractivity contribution in [3.63, 3.8) is 0 Å². The normalized spacial score (nSPS) is 16.3. The molecule has 3 heterocycles. The summed E-state index contributed by atoms with van der Waals surface area (Å²) < 4.78 is 19.3. The van der Waals surface area contributed by atoms with Gasteiger partial charge in [0.2, 0.25) is 0 Å². The molecule has 0 radical (unpaired) electrons. The highest BCUT2D eigenvalue weighted by atomic mass is 32.2. The van der Waals surface area contributed by atoms with Crippen molar-refractivity contribution in [3.05, 3.63) is 29.7 Å². The van der Waals surface area contributed by atoms with Crippen LogP contribution in [0.3, 0.4) is 0 Å². The fourth-order valence-electron chi connectivity index (χ4n) is 3.73. The maximum absolute atomic E-state index is 13.5. The standard InChI is InChI=1S/C23H32N6O2S/c1-14-15(2)28-29-21(14)27-22-17-10-20(32(30)23(3,4)5)19(11-18(17)25-13-26-22)31-12-16-6-8-24-9-7-16/h10-11,13,16,24H,6-9,12H2,1-5H3,(H2,25,26,27,28,29). The summed E-state index contributed by atoms with van der Waals surface area (Å²) in [6, 6.07) is 3.80. The molecule has 0 saturated carbocycles. The van der Waals surface area contributed by atoms with Crippen LogP contribution in [0.2, 0.25) is 0 Å². The van der Waals surface area contributed by atoms with E-state index in [0.29, 0.717) is 34.8 Å². The maximum Gasteiger partial charge on any atom is 0.195 e. The number of piperidine rings is 1. The van der Waals surface area contributed by atoms with Crippen LogP contribution in [0.25, 0.3) is 10.9 Å². The third-order valence-electron chi connectivity index (χ3n) is 5.88. The Morgan fingerprint density at radius 2 is 1.91 bits per heavy atom. The first kappa shape index (κ1) is 22.8. The van der Waals surface area contributed by atoms with Crippen molar-refractivity contribution in [1.82, 2.24) is 25.5 Å². The van der Waals surface area contributed by atoms with Gasteiger partial charge in [-0.05, 0) is 77.6 Å². The maximum atomic E-state index is 13.5. The molecule has 9 heteroatoms. The van der Waals surface area contributed by atoms with Gasteiger partial charge in [0.25, 0.3) is 0 Å². The van der Waals surface area contributed by atoms with Crippen molar-refractivity contribution in [1.29, 1.82) is 0 Å². The second kappa shape index (κ2) is 9.25. The molecule has 1 aliphatic rings. The molecule has 1 unspecified atom stereocenters. The number of rotatable bonds is 6. The molecular weight excluding hydrogens is 424 g/mol. The van der Waals surface area contributed by atoms with Crippen molar-refractivity contribution in [2.75, 3.05) is 25.0 Å². The molecule has 1 atom stereocenters. The van der Waals surface area contributed by atoms with Gasteiger partial charge in [-0.2, -0.15) is 5.10 Å². The summed E-state index contributed by atoms with van der Waals surface area (Å²) >= 11 is -1.27. The molecule has 0 aliphatic carbocycles. The molecule has 8 nitrogen and oxygen atoms in total. The van der Waals surface area contributed by atoms with Crippen LogP contribution in [0.5, 0.6) is 5.75 Å². The smallest absolute Gasteiger partial charge is 0.195 e. The number of aryl methyl sites for hydroxylation is 1. The van der Waals surface area contributed by atoms with Crippen molar-refractivity contribution in [3.8, 4) is 5.75 Å². The number of hydrogen-bond donors (Lipinski definition) is 3. The Hall–Kier alpha value is -2.36. The van der Waals surface area contributed by atoms with E-state index in [1.54, 1.807) is 0 Å². The van der Waals surface area contributed by atoms with Gasteiger partial charge in [-0.15, -0.1) is 0 Å². The minimum Gasteiger partial charge on any atom is -0.611 e. The zero-order valence-corrected chi connectivity index (χ0v) is 20.2. The highest BCUT2D eigenvalue weighted by Gasteiger charge is 2.32. The number of nitrogens with zero attached hydrogens (tertiary/aromatic N) is 3. The van der Waals surface area contributed by atoms with Crippen LogP contribution in [0.4, 0.5) is 11.6 Å². The van der Waals surface area contributed by atoms with Crippen molar-refractivity contribution in [2.24, 2.45) is 5.92 Å². The molecule has 0 spiro atoms. The number of hydrogen-bond acceptors (Lipinski definition) is 7. The van der Waals surface area contributed by atoms with Crippen LogP contribution in [-0.2, 0) is 11.2 Å². The lowest BCUT2D eigenvalue weighted by atomic mass is 9.99. The predicted octanol–water partition coefficient (Wildman–Crippen LogP) is 4.00. The first-order valence-corrected chi connectivity index (χ1v) is 12.2. The van der Waals surface area contributed by atoms with Gasteiger partial charge in [0.15, 0.2) is 16.5 Å². The number of aromatic amines is 1. The van der Waals surface area contributed by atoms with Crippen LogP contribution >= 0.6 is 0 Å². The number of aromatic nitrogens is 4. The third kappa shape index (κ3) is 4.84. The van der Waals surface area contributed by atoms with E-state index in [-0.39, 0.29) is 0 Å². The van der Waals surface area contributed by atoms with E-state index in [1.807, 2.05) is 46.8 Å². The zero-order valence-electron chi connectivity index (χ0n) is 19.4. The van der Waals surface area contributed by atoms with Gasteiger partial charge in [0.05, 0.1) is 12.1 Å². The van der Waals surface area contributed by atoms with E-state index in [0.717, 1.165) is 48.1 Å². The minimum atomic E-state index is -1.27. The molecule has 2 aromatic heterocycles. The summed E-state index contributed by atoms with van der Waals surface area (Å²) in [5, 5.41) is 14.8. The van der Waals surface area contributed by atoms with Crippen molar-refractivity contribution < 1.29 is 9.29 Å². The number of H-pyrrole nitrogens is 1. The molecule has 0 bridgehead atoms. The first-order valence-electron chi connectivity index (χ1n) is 11.1. The first-order chi connectivity index (χ1) is 15.2. The Labute approximate surface area is 192 Å². The Morgan fingerprint density at radius 1 is 1.16 bits per heavy atom. The van der Waals surface area contributed by atoms with Gasteiger partial charge in [0.1, 0.15) is 16.9 Å². The number of benzene rings is 1. The topological polar surface area (TPSA) is 111 Å². The molecule has 4 rings (SSSR count). The second-order valence-corrected chi connectivity index (χ2v) is 11.6. The molecule has 3 N–H and O–H groups in total. The lowest BCUT2D eigenvalue weighted by molar-refractivity contribution is 0.211. The lowest BCUT2D eigenvalue weighted by Gasteiger charge is -2.27. The molecule has 32 heavy (non-hydrogen) atoms. The summed E-state index contributed by atoms with van der Waals surface area (Å²) in [5.41, 5.74) is 2.76. The van der Waals surface area contributed by atoms with Gasteiger partial charge < -0.3 is 19.9 Å². The average molecular weight is 457 g/mol. The number of ether oxygens (including phenoxy) is 1. The molecule has 1 aliphatic heterocycles. The van der Waals surface area contributed by atoms with Gasteiger partial charge >= 0.3 is 0 Å². The minimum absolute atomic E-state index is 0.431. The van der Waals surface area contributed by atoms with Gasteiger partial charge in [-0.1, -0.05) is 0 Å². The fourth-order valence-corrected chi connectivity index (χ4v) is 4.91. The van der Waals surface area contributed by atoms with Crippen LogP contribution < -0.4 is 15.4 Å². The monoisotopic (exact) mass is 456 g/mol. The van der Waals surface area contributed by atoms with Crippen LogP contribution in [-0.4, -0.2) is 49.2 Å². The molecule has 0 amide bonds. The van der Waals surface area contributed by atoms with E-state index in [4.69, 9.17) is 4.74 Å². The van der Waals surface area contributed by atoms with E-state index in [1.165, 1.54) is 6.33 Å². The summed E-state index contributed by atoms with van der Waals surface area (Å²) in [4.78, 5) is 9.58. The van der Waals surface area contributed by atoms with Crippen molar-refractivity contribution in [2.45, 2.75) is 57.1 Å². The SMILES string of the molecule is Cc1[nH]nc(Nc2ncnc3cc(OCC4CCNCC4)c([S+]([O-])C(C)(C)C)cc23)c1C. The molecular formula is C23H32N6O2S. The Kier molecular flexibility index (Phi) is 6.60. The zero-order chi connectivity index (χ0) is 22.9. The predicted molar refractivity (Wildman–Crippen MR) is 128 cm³/mol. The van der Waals surface area contributed by atoms with Crippen LogP contribution in [0, 0.1) is 19.8 Å². The Bertz CT molecular complexity index is 1090. The van der Waals surface area contributed by atoms with E-state index in [2.05, 4.69) is 30.8 Å². The van der Waals surface area contributed by atoms with E-state index in [9.17, 15) is 4.55 Å². The number of nitrogens with one attached hydrogen (secondary N) is 3. The second-order valence-electron chi connectivity index (χ2n) is 9.37. The van der Waals surface area contributed by atoms with E-state index < -0.39 is 15.9 Å². The van der Waals surface area contributed by atoms with Crippen LogP contribution in [0.1, 0.15) is 44.9 Å². The summed E-state index contributed by atoms with van der Waals surface area (Å²) in [6.45, 7) is 12.5. The molecule has 3 aromatic rings. The van der Waals surface area contributed by atoms with Crippen LogP contribution in [0.15, 0.2) is 23.4 Å². The summed E-state index contributed by atoms with van der Waals surface area (Å²) in [7, 11) is 0. The molecule has 172 valence electrons. The summed E-state index contributed by atoms with van der Waals surface area (Å²) in [5.74, 6) is 2.48. The lowest BCUT2D eigenvalue weighted by Crippen LogP contribution is -2.31. The number of fused-ring (bicyclic) bond motifs is 1. The fraction of sp³-hybridized carbons (Fsp3) is 0.522. The average Bonchev–Trinajstić information content (AvgIpc) is 3.09. The van der Waals surface area contributed by atoms with Gasteiger partial charge in [-0.25, -0.2) is 9.97 Å². The molecule has 1 aromatic carbocycles. The Balaban J connectivity index is 1.72. The molecule has 1 saturated heterocycles. The third-order valence-corrected chi connectivity index (χ3v) is 7.71. The highest BCUT2D eigenvalue weighted by molar-refractivity contribution is 7.92. The highest BCUT2D eigenvalue weighted by Crippen LogP contribution is 2.37. The van der Waals surface area contributed by atoms with Gasteiger partial charge in [0, 0.05) is 28.8 Å². The summed E-state index contributed by atoms with van der Waals surface area (Å²) in [6.07, 6.45) is 3.70. The quantitative estimate of drug-likeness (QED) is 0.481. The largest absolute Gasteiger partial charge is 0.611 e.